The van der Waals surface area contributed by atoms with Crippen molar-refractivity contribution in [3.63, 3.8) is 0 Å². The van der Waals surface area contributed by atoms with Crippen molar-refractivity contribution in [2.24, 2.45) is 11.8 Å². The highest BCUT2D eigenvalue weighted by Crippen LogP contribution is 2.41. The zero-order valence-electron chi connectivity index (χ0n) is 11.6. The van der Waals surface area contributed by atoms with E-state index in [2.05, 4.69) is 4.98 Å². The van der Waals surface area contributed by atoms with Crippen LogP contribution < -0.4 is 0 Å². The number of amides is 1. The first kappa shape index (κ1) is 14.4. The second-order valence-corrected chi connectivity index (χ2v) is 5.91. The molecule has 3 rings (SSSR count). The summed E-state index contributed by atoms with van der Waals surface area (Å²) < 4.78 is 38.5. The van der Waals surface area contributed by atoms with Gasteiger partial charge in [-0.2, -0.15) is 13.2 Å². The van der Waals surface area contributed by atoms with Crippen molar-refractivity contribution in [1.29, 1.82) is 0 Å². The van der Waals surface area contributed by atoms with Gasteiger partial charge >= 0.3 is 6.18 Å². The van der Waals surface area contributed by atoms with Crippen molar-refractivity contribution in [3.8, 4) is 0 Å². The first-order chi connectivity index (χ1) is 9.95. The largest absolute Gasteiger partial charge is 0.391 e. The van der Waals surface area contributed by atoms with E-state index in [0.717, 1.165) is 11.3 Å². The zero-order valence-corrected chi connectivity index (χ0v) is 11.6. The number of alkyl halides is 3. The average Bonchev–Trinajstić information content (AvgIpc) is 2.89. The van der Waals surface area contributed by atoms with Crippen LogP contribution in [0.15, 0.2) is 18.3 Å². The van der Waals surface area contributed by atoms with E-state index in [4.69, 9.17) is 0 Å². The molecule has 0 N–H and O–H groups in total. The molecule has 2 atom stereocenters. The SMILES string of the molecule is O=C(C1CCCC(C(F)(F)F)C1)N1Cc2cccnc2C1. The summed E-state index contributed by atoms with van der Waals surface area (Å²) in [5.41, 5.74) is 1.85. The van der Waals surface area contributed by atoms with E-state index in [9.17, 15) is 18.0 Å². The summed E-state index contributed by atoms with van der Waals surface area (Å²) in [4.78, 5) is 18.3. The molecule has 0 radical (unpaired) electrons. The summed E-state index contributed by atoms with van der Waals surface area (Å²) in [6, 6.07) is 3.72. The second-order valence-electron chi connectivity index (χ2n) is 5.91. The van der Waals surface area contributed by atoms with Crippen LogP contribution in [0.2, 0.25) is 0 Å². The molecule has 0 bridgehead atoms. The van der Waals surface area contributed by atoms with Gasteiger partial charge in [0.1, 0.15) is 0 Å². The van der Waals surface area contributed by atoms with Crippen molar-refractivity contribution < 1.29 is 18.0 Å². The number of aromatic nitrogens is 1. The predicted octanol–water partition coefficient (Wildman–Crippen LogP) is 3.29. The minimum absolute atomic E-state index is 0.0669. The highest BCUT2D eigenvalue weighted by atomic mass is 19.4. The van der Waals surface area contributed by atoms with Crippen molar-refractivity contribution in [1.82, 2.24) is 9.88 Å². The lowest BCUT2D eigenvalue weighted by Crippen LogP contribution is -2.38. The van der Waals surface area contributed by atoms with Gasteiger partial charge in [-0.3, -0.25) is 9.78 Å². The van der Waals surface area contributed by atoms with Crippen molar-refractivity contribution in [2.45, 2.75) is 44.9 Å². The molecular weight excluding hydrogens is 281 g/mol. The molecule has 6 heteroatoms. The molecule has 2 heterocycles. The molecule has 0 spiro atoms. The van der Waals surface area contributed by atoms with Crippen LogP contribution in [0.3, 0.4) is 0 Å². The highest BCUT2D eigenvalue weighted by molar-refractivity contribution is 5.79. The summed E-state index contributed by atoms with van der Waals surface area (Å²) in [6.07, 6.45) is -1.40. The molecule has 1 aliphatic heterocycles. The van der Waals surface area contributed by atoms with E-state index in [1.54, 1.807) is 11.1 Å². The van der Waals surface area contributed by atoms with E-state index >= 15 is 0 Å². The van der Waals surface area contributed by atoms with Gasteiger partial charge < -0.3 is 4.90 Å². The van der Waals surface area contributed by atoms with Crippen molar-refractivity contribution in [3.05, 3.63) is 29.6 Å². The van der Waals surface area contributed by atoms with Crippen LogP contribution in [0, 0.1) is 11.8 Å². The number of nitrogens with zero attached hydrogens (tertiary/aromatic N) is 2. The number of rotatable bonds is 1. The Kier molecular flexibility index (Phi) is 3.63. The number of fused-ring (bicyclic) bond motifs is 1. The van der Waals surface area contributed by atoms with Crippen LogP contribution >= 0.6 is 0 Å². The minimum Gasteiger partial charge on any atom is -0.332 e. The lowest BCUT2D eigenvalue weighted by atomic mass is 9.80. The van der Waals surface area contributed by atoms with E-state index in [-0.39, 0.29) is 18.7 Å². The third-order valence-corrected chi connectivity index (χ3v) is 4.48. The normalized spacial score (nSPS) is 25.8. The number of hydrogen-bond acceptors (Lipinski definition) is 2. The van der Waals surface area contributed by atoms with E-state index in [1.807, 2.05) is 12.1 Å². The lowest BCUT2D eigenvalue weighted by Gasteiger charge is -2.31. The van der Waals surface area contributed by atoms with Gasteiger partial charge in [0.2, 0.25) is 5.91 Å². The van der Waals surface area contributed by atoms with Gasteiger partial charge in [0.25, 0.3) is 0 Å². The van der Waals surface area contributed by atoms with E-state index in [0.29, 0.717) is 25.9 Å². The smallest absolute Gasteiger partial charge is 0.332 e. The Morgan fingerprint density at radius 1 is 1.29 bits per heavy atom. The Hall–Kier alpha value is -1.59. The monoisotopic (exact) mass is 298 g/mol. The van der Waals surface area contributed by atoms with Gasteiger partial charge in [0.05, 0.1) is 18.2 Å². The van der Waals surface area contributed by atoms with Crippen LogP contribution in [-0.4, -0.2) is 22.0 Å². The Bertz CT molecular complexity index is 519. The summed E-state index contributed by atoms with van der Waals surface area (Å²) in [6.45, 7) is 0.886. The molecule has 1 fully saturated rings. The molecule has 0 saturated heterocycles. The zero-order chi connectivity index (χ0) is 15.0. The quantitative estimate of drug-likeness (QED) is 0.797. The number of carbonyl (C=O) groups excluding carboxylic acids is 1. The number of pyridine rings is 1. The average molecular weight is 298 g/mol. The fourth-order valence-electron chi connectivity index (χ4n) is 3.33. The maximum Gasteiger partial charge on any atom is 0.391 e. The van der Waals surface area contributed by atoms with Crippen LogP contribution in [-0.2, 0) is 17.9 Å². The first-order valence-corrected chi connectivity index (χ1v) is 7.23. The van der Waals surface area contributed by atoms with Gasteiger partial charge in [-0.15, -0.1) is 0 Å². The van der Waals surface area contributed by atoms with Gasteiger partial charge in [-0.05, 0) is 30.9 Å². The first-order valence-electron chi connectivity index (χ1n) is 7.23. The van der Waals surface area contributed by atoms with Gasteiger partial charge in [-0.1, -0.05) is 12.5 Å². The standard InChI is InChI=1S/C15H17F3N2O/c16-15(17,18)12-5-1-3-10(7-12)14(21)20-8-11-4-2-6-19-13(11)9-20/h2,4,6,10,12H,1,3,5,7-9H2. The topological polar surface area (TPSA) is 33.2 Å². The fraction of sp³-hybridized carbons (Fsp3) is 0.600. The number of hydrogen-bond donors (Lipinski definition) is 0. The molecule has 1 aromatic heterocycles. The van der Waals surface area contributed by atoms with Crippen LogP contribution in [0.25, 0.3) is 0 Å². The van der Waals surface area contributed by atoms with Gasteiger partial charge in [-0.25, -0.2) is 0 Å². The van der Waals surface area contributed by atoms with E-state index < -0.39 is 18.0 Å². The minimum atomic E-state index is -4.19. The van der Waals surface area contributed by atoms with Crippen LogP contribution in [0.5, 0.6) is 0 Å². The molecule has 1 amide bonds. The third-order valence-electron chi connectivity index (χ3n) is 4.48. The van der Waals surface area contributed by atoms with Crippen LogP contribution in [0.4, 0.5) is 13.2 Å². The molecule has 1 aliphatic carbocycles. The van der Waals surface area contributed by atoms with Gasteiger partial charge in [0, 0.05) is 18.7 Å². The third kappa shape index (κ3) is 2.89. The molecule has 114 valence electrons. The van der Waals surface area contributed by atoms with Crippen molar-refractivity contribution in [2.75, 3.05) is 0 Å². The molecule has 3 nitrogen and oxygen atoms in total. The van der Waals surface area contributed by atoms with E-state index in [1.165, 1.54) is 0 Å². The molecule has 2 unspecified atom stereocenters. The molecule has 0 aromatic carbocycles. The predicted molar refractivity (Wildman–Crippen MR) is 70.0 cm³/mol. The molecule has 1 aromatic rings. The summed E-state index contributed by atoms with van der Waals surface area (Å²) in [5.74, 6) is -1.98. The maximum atomic E-state index is 12.8. The summed E-state index contributed by atoms with van der Waals surface area (Å²) in [5, 5.41) is 0. The number of carbonyl (C=O) groups is 1. The summed E-state index contributed by atoms with van der Waals surface area (Å²) in [7, 11) is 0. The van der Waals surface area contributed by atoms with Crippen molar-refractivity contribution >= 4 is 5.91 Å². The van der Waals surface area contributed by atoms with Crippen LogP contribution in [0.1, 0.15) is 36.9 Å². The highest BCUT2D eigenvalue weighted by Gasteiger charge is 2.44. The Labute approximate surface area is 121 Å². The molecular formula is C15H17F3N2O. The molecule has 1 saturated carbocycles. The Morgan fingerprint density at radius 2 is 2.10 bits per heavy atom. The molecule has 21 heavy (non-hydrogen) atoms. The fourth-order valence-corrected chi connectivity index (χ4v) is 3.33. The number of halogens is 3. The second kappa shape index (κ2) is 5.31. The summed E-state index contributed by atoms with van der Waals surface area (Å²) >= 11 is 0. The Morgan fingerprint density at radius 3 is 2.81 bits per heavy atom. The lowest BCUT2D eigenvalue weighted by molar-refractivity contribution is -0.187. The maximum absolute atomic E-state index is 12.8. The van der Waals surface area contributed by atoms with Gasteiger partial charge in [0.15, 0.2) is 0 Å². The molecule has 2 aliphatic rings. The Balaban J connectivity index is 1.67.